The van der Waals surface area contributed by atoms with Crippen LogP contribution in [0.3, 0.4) is 0 Å². The molecule has 108 valence electrons. The Morgan fingerprint density at radius 1 is 1.21 bits per heavy atom. The van der Waals surface area contributed by atoms with Crippen LogP contribution in [-0.4, -0.2) is 17.3 Å². The van der Waals surface area contributed by atoms with Crippen LogP contribution in [0, 0.1) is 23.2 Å². The number of amides is 1. The average Bonchev–Trinajstić information content (AvgIpc) is 2.33. The maximum atomic E-state index is 12.3. The van der Waals surface area contributed by atoms with Crippen molar-refractivity contribution < 1.29 is 4.79 Å². The predicted octanol–water partition coefficient (Wildman–Crippen LogP) is 3.88. The zero-order chi connectivity index (χ0) is 13.5. The normalized spacial score (nSPS) is 41.3. The van der Waals surface area contributed by atoms with E-state index < -0.39 is 0 Å². The van der Waals surface area contributed by atoms with Crippen LogP contribution < -0.4 is 5.32 Å². The minimum absolute atomic E-state index is 0.299. The molecule has 0 aliphatic heterocycles. The number of hydrogen-bond donors (Lipinski definition) is 1. The van der Waals surface area contributed by atoms with Crippen molar-refractivity contribution in [2.75, 3.05) is 5.33 Å². The third-order valence-corrected chi connectivity index (χ3v) is 6.53. The van der Waals surface area contributed by atoms with E-state index in [1.807, 2.05) is 0 Å². The first-order valence-electron chi connectivity index (χ1n) is 7.98. The standard InChI is InChI=1S/C16H26BrNO/c1-2-14(10-17)18-15(19)9-16-6-11-3-12(7-16)5-13(4-11)8-16/h11-14H,2-10H2,1H3,(H,18,19). The van der Waals surface area contributed by atoms with Crippen molar-refractivity contribution in [1.82, 2.24) is 5.32 Å². The van der Waals surface area contributed by atoms with Gasteiger partial charge in [-0.05, 0) is 68.1 Å². The van der Waals surface area contributed by atoms with Crippen molar-refractivity contribution in [3.63, 3.8) is 0 Å². The van der Waals surface area contributed by atoms with Gasteiger partial charge in [-0.1, -0.05) is 22.9 Å². The molecule has 0 aromatic carbocycles. The van der Waals surface area contributed by atoms with E-state index in [2.05, 4.69) is 28.2 Å². The fraction of sp³-hybridized carbons (Fsp3) is 0.938. The molecule has 1 N–H and O–H groups in total. The van der Waals surface area contributed by atoms with Gasteiger partial charge in [-0.2, -0.15) is 0 Å². The smallest absolute Gasteiger partial charge is 0.220 e. The lowest BCUT2D eigenvalue weighted by Crippen LogP contribution is -2.48. The van der Waals surface area contributed by atoms with Gasteiger partial charge in [0.25, 0.3) is 0 Å². The number of carbonyl (C=O) groups excluding carboxylic acids is 1. The summed E-state index contributed by atoms with van der Waals surface area (Å²) in [5.41, 5.74) is 0.378. The summed E-state index contributed by atoms with van der Waals surface area (Å²) < 4.78 is 0. The molecule has 0 aromatic rings. The Bertz CT molecular complexity index is 315. The summed E-state index contributed by atoms with van der Waals surface area (Å²) in [7, 11) is 0. The van der Waals surface area contributed by atoms with Crippen molar-refractivity contribution in [2.24, 2.45) is 23.2 Å². The van der Waals surface area contributed by atoms with Gasteiger partial charge in [0.2, 0.25) is 5.91 Å². The van der Waals surface area contributed by atoms with Gasteiger partial charge < -0.3 is 5.32 Å². The van der Waals surface area contributed by atoms with Gasteiger partial charge in [0.1, 0.15) is 0 Å². The van der Waals surface area contributed by atoms with Crippen LogP contribution in [0.25, 0.3) is 0 Å². The molecule has 0 spiro atoms. The second-order valence-electron chi connectivity index (χ2n) is 7.42. The Morgan fingerprint density at radius 2 is 1.74 bits per heavy atom. The van der Waals surface area contributed by atoms with Crippen molar-refractivity contribution in [1.29, 1.82) is 0 Å². The van der Waals surface area contributed by atoms with Crippen molar-refractivity contribution in [3.8, 4) is 0 Å². The number of hydrogen-bond acceptors (Lipinski definition) is 1. The first kappa shape index (κ1) is 13.9. The van der Waals surface area contributed by atoms with Crippen LogP contribution in [0.15, 0.2) is 0 Å². The lowest BCUT2D eigenvalue weighted by molar-refractivity contribution is -0.130. The molecule has 1 unspecified atom stereocenters. The van der Waals surface area contributed by atoms with Gasteiger partial charge in [-0.25, -0.2) is 0 Å². The molecule has 4 aliphatic carbocycles. The van der Waals surface area contributed by atoms with Gasteiger partial charge in [0.05, 0.1) is 0 Å². The fourth-order valence-electron chi connectivity index (χ4n) is 5.38. The maximum absolute atomic E-state index is 12.3. The van der Waals surface area contributed by atoms with E-state index >= 15 is 0 Å². The Hall–Kier alpha value is -0.0500. The number of rotatable bonds is 5. The van der Waals surface area contributed by atoms with Crippen LogP contribution in [0.5, 0.6) is 0 Å². The molecular weight excluding hydrogens is 302 g/mol. The molecule has 0 aromatic heterocycles. The monoisotopic (exact) mass is 327 g/mol. The molecule has 0 radical (unpaired) electrons. The predicted molar refractivity (Wildman–Crippen MR) is 81.2 cm³/mol. The molecule has 0 heterocycles. The van der Waals surface area contributed by atoms with E-state index in [1.165, 1.54) is 38.5 Å². The minimum Gasteiger partial charge on any atom is -0.353 e. The topological polar surface area (TPSA) is 29.1 Å². The number of halogens is 1. The second-order valence-corrected chi connectivity index (χ2v) is 8.07. The molecule has 0 saturated heterocycles. The summed E-state index contributed by atoms with van der Waals surface area (Å²) in [6.07, 6.45) is 10.2. The van der Waals surface area contributed by atoms with Gasteiger partial charge in [0, 0.05) is 17.8 Å². The Labute approximate surface area is 125 Å². The van der Waals surface area contributed by atoms with E-state index in [1.54, 1.807) is 0 Å². The molecular formula is C16H26BrNO. The zero-order valence-corrected chi connectivity index (χ0v) is 13.5. The zero-order valence-electron chi connectivity index (χ0n) is 12.0. The highest BCUT2D eigenvalue weighted by Gasteiger charge is 2.51. The number of carbonyl (C=O) groups is 1. The largest absolute Gasteiger partial charge is 0.353 e. The summed E-state index contributed by atoms with van der Waals surface area (Å²) in [4.78, 5) is 12.3. The SMILES string of the molecule is CCC(CBr)NC(=O)CC12CC3CC(CC(C3)C1)C2. The Kier molecular flexibility index (Phi) is 3.94. The first-order chi connectivity index (χ1) is 9.12. The van der Waals surface area contributed by atoms with Crippen LogP contribution >= 0.6 is 15.9 Å². The molecule has 3 heteroatoms. The van der Waals surface area contributed by atoms with Gasteiger partial charge in [-0.3, -0.25) is 4.79 Å². The van der Waals surface area contributed by atoms with Crippen LogP contribution in [-0.2, 0) is 4.79 Å². The lowest BCUT2D eigenvalue weighted by Gasteiger charge is -2.56. The van der Waals surface area contributed by atoms with E-state index in [4.69, 9.17) is 0 Å². The van der Waals surface area contributed by atoms with E-state index in [0.717, 1.165) is 35.9 Å². The second kappa shape index (κ2) is 5.38. The van der Waals surface area contributed by atoms with Gasteiger partial charge >= 0.3 is 0 Å². The first-order valence-corrected chi connectivity index (χ1v) is 9.10. The third-order valence-electron chi connectivity index (χ3n) is 5.74. The molecule has 2 nitrogen and oxygen atoms in total. The third kappa shape index (κ3) is 2.86. The van der Waals surface area contributed by atoms with E-state index in [9.17, 15) is 4.79 Å². The minimum atomic E-state index is 0.299. The summed E-state index contributed by atoms with van der Waals surface area (Å²) in [5, 5.41) is 4.08. The molecule has 19 heavy (non-hydrogen) atoms. The molecule has 4 bridgehead atoms. The van der Waals surface area contributed by atoms with E-state index in [-0.39, 0.29) is 0 Å². The Balaban J connectivity index is 1.61. The lowest BCUT2D eigenvalue weighted by atomic mass is 9.49. The van der Waals surface area contributed by atoms with Gasteiger partial charge in [0.15, 0.2) is 0 Å². The van der Waals surface area contributed by atoms with Crippen molar-refractivity contribution in [3.05, 3.63) is 0 Å². The average molecular weight is 328 g/mol. The fourth-order valence-corrected chi connectivity index (χ4v) is 6.00. The quantitative estimate of drug-likeness (QED) is 0.763. The molecule has 1 amide bonds. The van der Waals surface area contributed by atoms with Crippen LogP contribution in [0.4, 0.5) is 0 Å². The molecule has 4 saturated carbocycles. The summed E-state index contributed by atoms with van der Waals surface area (Å²) in [6.45, 7) is 2.14. The summed E-state index contributed by atoms with van der Waals surface area (Å²) in [6, 6.07) is 0.307. The summed E-state index contributed by atoms with van der Waals surface area (Å²) >= 11 is 3.48. The molecule has 1 atom stereocenters. The van der Waals surface area contributed by atoms with Gasteiger partial charge in [-0.15, -0.1) is 0 Å². The van der Waals surface area contributed by atoms with E-state index in [0.29, 0.717) is 17.4 Å². The van der Waals surface area contributed by atoms with Crippen LogP contribution in [0.1, 0.15) is 58.3 Å². The molecule has 4 fully saturated rings. The Morgan fingerprint density at radius 3 is 2.16 bits per heavy atom. The van der Waals surface area contributed by atoms with Crippen molar-refractivity contribution in [2.45, 2.75) is 64.3 Å². The van der Waals surface area contributed by atoms with Crippen LogP contribution in [0.2, 0.25) is 0 Å². The number of nitrogens with one attached hydrogen (secondary N) is 1. The van der Waals surface area contributed by atoms with Crippen molar-refractivity contribution >= 4 is 21.8 Å². The highest BCUT2D eigenvalue weighted by molar-refractivity contribution is 9.09. The molecule has 4 aliphatic rings. The molecule has 4 rings (SSSR count). The number of alkyl halides is 1. The highest BCUT2D eigenvalue weighted by Crippen LogP contribution is 2.61. The maximum Gasteiger partial charge on any atom is 0.220 e. The highest BCUT2D eigenvalue weighted by atomic mass is 79.9. The summed E-state index contributed by atoms with van der Waals surface area (Å²) in [5.74, 6) is 3.12.